The van der Waals surface area contributed by atoms with Crippen LogP contribution in [-0.4, -0.2) is 19.8 Å². The monoisotopic (exact) mass is 210 g/mol. The SMILES string of the molecule is CC.CCOCCOCc1ccccc1. The van der Waals surface area contributed by atoms with E-state index < -0.39 is 0 Å². The van der Waals surface area contributed by atoms with E-state index in [1.54, 1.807) is 0 Å². The van der Waals surface area contributed by atoms with Crippen molar-refractivity contribution in [2.45, 2.75) is 27.4 Å². The predicted molar refractivity (Wildman–Crippen MR) is 63.9 cm³/mol. The van der Waals surface area contributed by atoms with Crippen molar-refractivity contribution < 1.29 is 9.47 Å². The summed E-state index contributed by atoms with van der Waals surface area (Å²) in [7, 11) is 0. The maximum Gasteiger partial charge on any atom is 0.0718 e. The molecule has 0 N–H and O–H groups in total. The second-order valence-corrected chi connectivity index (χ2v) is 2.74. The standard InChI is InChI=1S/C11H16O2.C2H6/c1-2-12-8-9-13-10-11-6-4-3-5-7-11;1-2/h3-7H,2,8-10H2,1H3;1-2H3. The summed E-state index contributed by atoms with van der Waals surface area (Å²) in [6.07, 6.45) is 0. The summed E-state index contributed by atoms with van der Waals surface area (Å²) in [5, 5.41) is 0. The molecule has 0 aliphatic rings. The largest absolute Gasteiger partial charge is 0.379 e. The van der Waals surface area contributed by atoms with Crippen LogP contribution in [0.3, 0.4) is 0 Å². The molecule has 0 aromatic heterocycles. The predicted octanol–water partition coefficient (Wildman–Crippen LogP) is 3.27. The lowest BCUT2D eigenvalue weighted by atomic mass is 10.2. The molecule has 1 aromatic rings. The molecule has 0 heterocycles. The molecule has 0 saturated heterocycles. The average molecular weight is 210 g/mol. The van der Waals surface area contributed by atoms with Gasteiger partial charge in [0.05, 0.1) is 19.8 Å². The van der Waals surface area contributed by atoms with Crippen LogP contribution in [0.5, 0.6) is 0 Å². The molecule has 0 radical (unpaired) electrons. The highest BCUT2D eigenvalue weighted by Crippen LogP contribution is 1.99. The number of ether oxygens (including phenoxy) is 2. The summed E-state index contributed by atoms with van der Waals surface area (Å²) in [5.74, 6) is 0. The van der Waals surface area contributed by atoms with Crippen LogP contribution in [0.1, 0.15) is 26.3 Å². The first kappa shape index (κ1) is 14.1. The molecule has 86 valence electrons. The molecule has 1 aromatic carbocycles. The van der Waals surface area contributed by atoms with E-state index in [-0.39, 0.29) is 0 Å². The molecule has 0 fully saturated rings. The third kappa shape index (κ3) is 8.16. The third-order valence-corrected chi connectivity index (χ3v) is 1.69. The van der Waals surface area contributed by atoms with Gasteiger partial charge in [-0.15, -0.1) is 0 Å². The van der Waals surface area contributed by atoms with Crippen molar-refractivity contribution in [3.05, 3.63) is 35.9 Å². The number of hydrogen-bond acceptors (Lipinski definition) is 2. The van der Waals surface area contributed by atoms with E-state index in [1.165, 1.54) is 5.56 Å². The van der Waals surface area contributed by atoms with E-state index in [0.717, 1.165) is 6.61 Å². The summed E-state index contributed by atoms with van der Waals surface area (Å²) in [6.45, 7) is 8.77. The normalized spacial score (nSPS) is 9.27. The van der Waals surface area contributed by atoms with Gasteiger partial charge in [-0.2, -0.15) is 0 Å². The van der Waals surface area contributed by atoms with Crippen molar-refractivity contribution >= 4 is 0 Å². The quantitative estimate of drug-likeness (QED) is 0.671. The van der Waals surface area contributed by atoms with Gasteiger partial charge in [-0.1, -0.05) is 44.2 Å². The molecule has 0 aliphatic heterocycles. The first-order valence-electron chi connectivity index (χ1n) is 5.63. The van der Waals surface area contributed by atoms with E-state index in [0.29, 0.717) is 19.8 Å². The molecular formula is C13H22O2. The van der Waals surface area contributed by atoms with Crippen LogP contribution in [0.2, 0.25) is 0 Å². The van der Waals surface area contributed by atoms with Gasteiger partial charge >= 0.3 is 0 Å². The van der Waals surface area contributed by atoms with Crippen LogP contribution in [0.15, 0.2) is 30.3 Å². The fraction of sp³-hybridized carbons (Fsp3) is 0.538. The summed E-state index contributed by atoms with van der Waals surface area (Å²) in [5.41, 5.74) is 1.21. The Kier molecular flexibility index (Phi) is 10.6. The van der Waals surface area contributed by atoms with Crippen LogP contribution >= 0.6 is 0 Å². The minimum Gasteiger partial charge on any atom is -0.379 e. The number of benzene rings is 1. The molecule has 0 atom stereocenters. The third-order valence-electron chi connectivity index (χ3n) is 1.69. The van der Waals surface area contributed by atoms with Gasteiger partial charge in [0.15, 0.2) is 0 Å². The summed E-state index contributed by atoms with van der Waals surface area (Å²) in [4.78, 5) is 0. The molecule has 0 spiro atoms. The maximum atomic E-state index is 5.40. The van der Waals surface area contributed by atoms with E-state index in [9.17, 15) is 0 Å². The Morgan fingerprint density at radius 2 is 1.53 bits per heavy atom. The lowest BCUT2D eigenvalue weighted by Crippen LogP contribution is -2.03. The highest BCUT2D eigenvalue weighted by Gasteiger charge is 1.90. The Bertz CT molecular complexity index is 209. The van der Waals surface area contributed by atoms with Gasteiger partial charge in [0.1, 0.15) is 0 Å². The van der Waals surface area contributed by atoms with Gasteiger partial charge in [-0.25, -0.2) is 0 Å². The summed E-state index contributed by atoms with van der Waals surface area (Å²) >= 11 is 0. The molecular weight excluding hydrogens is 188 g/mol. The molecule has 0 amide bonds. The fourth-order valence-corrected chi connectivity index (χ4v) is 1.03. The highest BCUT2D eigenvalue weighted by atomic mass is 16.5. The first-order valence-corrected chi connectivity index (χ1v) is 5.63. The Balaban J connectivity index is 0.000000921. The van der Waals surface area contributed by atoms with Crippen LogP contribution < -0.4 is 0 Å². The van der Waals surface area contributed by atoms with Crippen molar-refractivity contribution in [2.75, 3.05) is 19.8 Å². The van der Waals surface area contributed by atoms with E-state index in [2.05, 4.69) is 12.1 Å². The molecule has 0 unspecified atom stereocenters. The molecule has 0 bridgehead atoms. The lowest BCUT2D eigenvalue weighted by molar-refractivity contribution is 0.0453. The van der Waals surface area contributed by atoms with Gasteiger partial charge < -0.3 is 9.47 Å². The molecule has 2 heteroatoms. The van der Waals surface area contributed by atoms with Crippen molar-refractivity contribution in [3.8, 4) is 0 Å². The van der Waals surface area contributed by atoms with Crippen molar-refractivity contribution in [2.24, 2.45) is 0 Å². The Morgan fingerprint density at radius 3 is 2.13 bits per heavy atom. The van der Waals surface area contributed by atoms with Crippen molar-refractivity contribution in [1.29, 1.82) is 0 Å². The van der Waals surface area contributed by atoms with E-state index >= 15 is 0 Å². The molecule has 15 heavy (non-hydrogen) atoms. The molecule has 1 rings (SSSR count). The van der Waals surface area contributed by atoms with Crippen LogP contribution in [0.4, 0.5) is 0 Å². The van der Waals surface area contributed by atoms with Gasteiger partial charge in [0.25, 0.3) is 0 Å². The van der Waals surface area contributed by atoms with Crippen molar-refractivity contribution in [3.63, 3.8) is 0 Å². The minimum atomic E-state index is 0.669. The Hall–Kier alpha value is -0.860. The first-order chi connectivity index (χ1) is 7.43. The van der Waals surface area contributed by atoms with Crippen molar-refractivity contribution in [1.82, 2.24) is 0 Å². The highest BCUT2D eigenvalue weighted by molar-refractivity contribution is 5.13. The smallest absolute Gasteiger partial charge is 0.0718 e. The van der Waals surface area contributed by atoms with E-state index in [4.69, 9.17) is 9.47 Å². The zero-order valence-corrected chi connectivity index (χ0v) is 10.0. The average Bonchev–Trinajstić information content (AvgIpc) is 2.33. The van der Waals surface area contributed by atoms with Gasteiger partial charge in [0.2, 0.25) is 0 Å². The van der Waals surface area contributed by atoms with Crippen LogP contribution in [0, 0.1) is 0 Å². The summed E-state index contributed by atoms with van der Waals surface area (Å²) < 4.78 is 10.5. The van der Waals surface area contributed by atoms with Gasteiger partial charge in [-0.3, -0.25) is 0 Å². The molecule has 0 saturated carbocycles. The second kappa shape index (κ2) is 11.2. The maximum absolute atomic E-state index is 5.40. The van der Waals surface area contributed by atoms with E-state index in [1.807, 2.05) is 39.0 Å². The number of hydrogen-bond donors (Lipinski definition) is 0. The topological polar surface area (TPSA) is 18.5 Å². The lowest BCUT2D eigenvalue weighted by Gasteiger charge is -2.03. The zero-order chi connectivity index (χ0) is 11.4. The van der Waals surface area contributed by atoms with Crippen LogP contribution in [-0.2, 0) is 16.1 Å². The molecule has 0 aliphatic carbocycles. The minimum absolute atomic E-state index is 0.669. The Labute approximate surface area is 93.2 Å². The Morgan fingerprint density at radius 1 is 0.933 bits per heavy atom. The van der Waals surface area contributed by atoms with Gasteiger partial charge in [-0.05, 0) is 12.5 Å². The van der Waals surface area contributed by atoms with Crippen LogP contribution in [0.25, 0.3) is 0 Å². The number of rotatable bonds is 6. The summed E-state index contributed by atoms with van der Waals surface area (Å²) in [6, 6.07) is 10.1. The van der Waals surface area contributed by atoms with Gasteiger partial charge in [0, 0.05) is 6.61 Å². The zero-order valence-electron chi connectivity index (χ0n) is 10.0. The fourth-order valence-electron chi connectivity index (χ4n) is 1.03. The molecule has 2 nitrogen and oxygen atoms in total. The second-order valence-electron chi connectivity index (χ2n) is 2.74.